The lowest BCUT2D eigenvalue weighted by Gasteiger charge is -2.38. The molecule has 0 bridgehead atoms. The molecule has 0 aliphatic carbocycles. The van der Waals surface area contributed by atoms with E-state index in [4.69, 9.17) is 10.5 Å². The molecule has 1 saturated heterocycles. The Balaban J connectivity index is 1.46. The van der Waals surface area contributed by atoms with Crippen LogP contribution in [0.25, 0.3) is 0 Å². The zero-order valence-corrected chi connectivity index (χ0v) is 15.1. The van der Waals surface area contributed by atoms with Gasteiger partial charge in [0.25, 0.3) is 0 Å². The molecule has 5 nitrogen and oxygen atoms in total. The van der Waals surface area contributed by atoms with Crippen molar-refractivity contribution < 1.29 is 13.5 Å². The number of aryl methyl sites for hydroxylation is 1. The fraction of sp³-hybridized carbons (Fsp3) is 0.526. The predicted molar refractivity (Wildman–Crippen MR) is 93.3 cm³/mol. The van der Waals surface area contributed by atoms with E-state index in [0.717, 1.165) is 43.3 Å². The summed E-state index contributed by atoms with van der Waals surface area (Å²) in [5.41, 5.74) is 8.87. The van der Waals surface area contributed by atoms with E-state index in [9.17, 15) is 8.78 Å². The van der Waals surface area contributed by atoms with Crippen LogP contribution in [0.4, 0.5) is 8.78 Å². The summed E-state index contributed by atoms with van der Waals surface area (Å²) < 4.78 is 35.7. The van der Waals surface area contributed by atoms with Gasteiger partial charge < -0.3 is 15.0 Å². The molecule has 0 amide bonds. The molecule has 1 aromatic carbocycles. The van der Waals surface area contributed by atoms with Crippen LogP contribution in [0.5, 0.6) is 0 Å². The van der Waals surface area contributed by atoms with Crippen molar-refractivity contribution in [3.05, 3.63) is 52.6 Å². The van der Waals surface area contributed by atoms with Gasteiger partial charge in [0, 0.05) is 37.3 Å². The summed E-state index contributed by atoms with van der Waals surface area (Å²) >= 11 is 0. The minimum atomic E-state index is -0.614. The number of hydrogen-bond acceptors (Lipinski definition) is 4. The number of imidazole rings is 1. The molecular weight excluding hydrogens is 338 g/mol. The van der Waals surface area contributed by atoms with Gasteiger partial charge in [0.05, 0.1) is 18.0 Å². The van der Waals surface area contributed by atoms with Gasteiger partial charge in [0.1, 0.15) is 23.6 Å². The average molecular weight is 362 g/mol. The molecule has 2 aliphatic heterocycles. The molecule has 3 atom stereocenters. The summed E-state index contributed by atoms with van der Waals surface area (Å²) in [5.74, 6) is 0.0956. The number of rotatable bonds is 3. The van der Waals surface area contributed by atoms with Crippen molar-refractivity contribution >= 4 is 0 Å². The Labute approximate surface area is 151 Å². The highest BCUT2D eigenvalue weighted by Gasteiger charge is 2.37. The minimum Gasteiger partial charge on any atom is -0.370 e. The molecule has 7 heteroatoms. The van der Waals surface area contributed by atoms with Gasteiger partial charge >= 0.3 is 0 Å². The topological polar surface area (TPSA) is 56.3 Å². The molecule has 1 fully saturated rings. The van der Waals surface area contributed by atoms with E-state index in [1.165, 1.54) is 11.8 Å². The summed E-state index contributed by atoms with van der Waals surface area (Å²) in [6, 6.07) is 3.19. The van der Waals surface area contributed by atoms with Crippen molar-refractivity contribution in [1.29, 1.82) is 0 Å². The van der Waals surface area contributed by atoms with E-state index in [-0.39, 0.29) is 17.6 Å². The van der Waals surface area contributed by atoms with E-state index in [2.05, 4.69) is 21.4 Å². The molecule has 2 N–H and O–H groups in total. The van der Waals surface area contributed by atoms with Crippen molar-refractivity contribution in [1.82, 2.24) is 14.5 Å². The van der Waals surface area contributed by atoms with Crippen LogP contribution < -0.4 is 5.73 Å². The van der Waals surface area contributed by atoms with E-state index < -0.39 is 17.7 Å². The summed E-state index contributed by atoms with van der Waals surface area (Å²) in [4.78, 5) is 6.99. The van der Waals surface area contributed by atoms with Crippen molar-refractivity contribution in [2.75, 3.05) is 6.61 Å². The fourth-order valence-electron chi connectivity index (χ4n) is 4.24. The second kappa shape index (κ2) is 6.72. The number of nitrogens with two attached hydrogens (primary N) is 1. The van der Waals surface area contributed by atoms with Crippen LogP contribution in [0.1, 0.15) is 42.2 Å². The highest BCUT2D eigenvalue weighted by molar-refractivity contribution is 5.24. The lowest BCUT2D eigenvalue weighted by Crippen LogP contribution is -2.47. The first kappa shape index (κ1) is 17.6. The third kappa shape index (κ3) is 2.94. The SMILES string of the molecule is CCn1c(C)nc2c1CN([C@H]1CO[C@H](c3cc(F)ccc3F)[C@@H](N)C1)C2. The molecule has 3 heterocycles. The molecule has 2 aromatic rings. The van der Waals surface area contributed by atoms with Crippen LogP contribution in [0.3, 0.4) is 0 Å². The van der Waals surface area contributed by atoms with Crippen molar-refractivity contribution in [3.63, 3.8) is 0 Å². The number of hydrogen-bond donors (Lipinski definition) is 1. The first-order chi connectivity index (χ1) is 12.5. The fourth-order valence-corrected chi connectivity index (χ4v) is 4.24. The van der Waals surface area contributed by atoms with Gasteiger partial charge in [0.2, 0.25) is 0 Å². The lowest BCUT2D eigenvalue weighted by molar-refractivity contribution is -0.0535. The van der Waals surface area contributed by atoms with Gasteiger partial charge in [-0.15, -0.1) is 0 Å². The molecule has 0 spiro atoms. The number of fused-ring (bicyclic) bond motifs is 1. The van der Waals surface area contributed by atoms with Gasteiger partial charge in [-0.25, -0.2) is 13.8 Å². The van der Waals surface area contributed by atoms with E-state index in [1.807, 2.05) is 6.92 Å². The van der Waals surface area contributed by atoms with Crippen molar-refractivity contribution in [2.45, 2.75) is 58.1 Å². The maximum atomic E-state index is 14.1. The van der Waals surface area contributed by atoms with Crippen LogP contribution in [-0.4, -0.2) is 33.1 Å². The van der Waals surface area contributed by atoms with Crippen LogP contribution in [0.2, 0.25) is 0 Å². The summed E-state index contributed by atoms with van der Waals surface area (Å²) in [7, 11) is 0. The van der Waals surface area contributed by atoms with Gasteiger partial charge in [-0.3, -0.25) is 4.90 Å². The molecule has 0 unspecified atom stereocenters. The molecule has 2 aliphatic rings. The number of ether oxygens (including phenoxy) is 1. The summed E-state index contributed by atoms with van der Waals surface area (Å²) in [6.07, 6.45) is 0.0625. The van der Waals surface area contributed by atoms with Crippen LogP contribution in [0.15, 0.2) is 18.2 Å². The quantitative estimate of drug-likeness (QED) is 0.912. The zero-order valence-electron chi connectivity index (χ0n) is 15.1. The second-order valence-electron chi connectivity index (χ2n) is 7.17. The van der Waals surface area contributed by atoms with Gasteiger partial charge in [-0.05, 0) is 38.5 Å². The largest absolute Gasteiger partial charge is 0.370 e. The van der Waals surface area contributed by atoms with Gasteiger partial charge in [0.15, 0.2) is 0 Å². The van der Waals surface area contributed by atoms with Gasteiger partial charge in [-0.2, -0.15) is 0 Å². The highest BCUT2D eigenvalue weighted by Crippen LogP contribution is 2.34. The third-order valence-electron chi connectivity index (χ3n) is 5.55. The standard InChI is InChI=1S/C19H24F2N4O/c1-3-25-11(2)23-17-8-24(9-18(17)25)13-7-16(22)19(26-10-13)14-6-12(20)4-5-15(14)21/h4-6,13,16,19H,3,7-10,22H2,1-2H3/t13-,16+,19-/m1/s1. The third-order valence-corrected chi connectivity index (χ3v) is 5.55. The van der Waals surface area contributed by atoms with Crippen molar-refractivity contribution in [3.8, 4) is 0 Å². The first-order valence-electron chi connectivity index (χ1n) is 9.09. The van der Waals surface area contributed by atoms with E-state index in [0.29, 0.717) is 13.0 Å². The Hall–Kier alpha value is -1.83. The zero-order chi connectivity index (χ0) is 18.4. The smallest absolute Gasteiger partial charge is 0.129 e. The normalized spacial score (nSPS) is 26.3. The predicted octanol–water partition coefficient (Wildman–Crippen LogP) is 2.66. The Morgan fingerprint density at radius 3 is 2.85 bits per heavy atom. The van der Waals surface area contributed by atoms with Gasteiger partial charge in [-0.1, -0.05) is 0 Å². The Kier molecular flexibility index (Phi) is 4.54. The summed E-state index contributed by atoms with van der Waals surface area (Å²) in [6.45, 7) is 7.11. The Morgan fingerprint density at radius 2 is 2.12 bits per heavy atom. The molecule has 140 valence electrons. The van der Waals surface area contributed by atoms with Crippen LogP contribution in [0, 0.1) is 18.6 Å². The maximum absolute atomic E-state index is 14.1. The van der Waals surface area contributed by atoms with Crippen LogP contribution >= 0.6 is 0 Å². The Morgan fingerprint density at radius 1 is 1.31 bits per heavy atom. The molecule has 0 saturated carbocycles. The number of aromatic nitrogens is 2. The Bertz CT molecular complexity index is 822. The number of nitrogens with zero attached hydrogens (tertiary/aromatic N) is 3. The van der Waals surface area contributed by atoms with Crippen LogP contribution in [-0.2, 0) is 24.4 Å². The summed E-state index contributed by atoms with van der Waals surface area (Å²) in [5, 5.41) is 0. The first-order valence-corrected chi connectivity index (χ1v) is 9.09. The molecule has 0 radical (unpaired) electrons. The van der Waals surface area contributed by atoms with E-state index >= 15 is 0 Å². The highest BCUT2D eigenvalue weighted by atomic mass is 19.1. The molecular formula is C19H24F2N4O. The number of halogens is 2. The second-order valence-corrected chi connectivity index (χ2v) is 7.17. The minimum absolute atomic E-state index is 0.151. The average Bonchev–Trinajstić information content (AvgIpc) is 3.13. The molecule has 4 rings (SSSR count). The molecule has 26 heavy (non-hydrogen) atoms. The lowest BCUT2D eigenvalue weighted by atomic mass is 9.93. The monoisotopic (exact) mass is 362 g/mol. The maximum Gasteiger partial charge on any atom is 0.129 e. The van der Waals surface area contributed by atoms with Crippen molar-refractivity contribution in [2.24, 2.45) is 5.73 Å². The van der Waals surface area contributed by atoms with E-state index in [1.54, 1.807) is 0 Å². The molecule has 1 aromatic heterocycles. The number of benzene rings is 1.